The third kappa shape index (κ3) is 2.36. The van der Waals surface area contributed by atoms with Crippen molar-refractivity contribution < 1.29 is 14.6 Å². The van der Waals surface area contributed by atoms with Gasteiger partial charge < -0.3 is 9.84 Å². The van der Waals surface area contributed by atoms with Gasteiger partial charge in [-0.05, 0) is 24.3 Å². The van der Waals surface area contributed by atoms with Crippen LogP contribution < -0.4 is 4.74 Å². The average molecular weight is 348 g/mol. The van der Waals surface area contributed by atoms with Crippen LogP contribution in [0.2, 0.25) is 0 Å². The van der Waals surface area contributed by atoms with E-state index < -0.39 is 5.97 Å². The van der Waals surface area contributed by atoms with Crippen LogP contribution in [0.5, 0.6) is 5.75 Å². The Morgan fingerprint density at radius 3 is 2.90 bits per heavy atom. The first-order chi connectivity index (χ1) is 10.1. The van der Waals surface area contributed by atoms with Gasteiger partial charge in [0.2, 0.25) is 0 Å². The summed E-state index contributed by atoms with van der Waals surface area (Å²) < 4.78 is 7.32. The van der Waals surface area contributed by atoms with Crippen molar-refractivity contribution >= 4 is 32.9 Å². The molecule has 0 radical (unpaired) electrons. The highest BCUT2D eigenvalue weighted by Gasteiger charge is 2.19. The van der Waals surface area contributed by atoms with Gasteiger partial charge in [-0.1, -0.05) is 15.9 Å². The smallest absolute Gasteiger partial charge is 0.355 e. The lowest BCUT2D eigenvalue weighted by Crippen LogP contribution is -2.08. The zero-order chi connectivity index (χ0) is 15.0. The first-order valence-electron chi connectivity index (χ1n) is 6.02. The predicted octanol–water partition coefficient (Wildman–Crippen LogP) is 2.89. The molecule has 0 saturated heterocycles. The standard InChI is InChI=1S/C14H10BrN3O3/c1-21-10-6-8(15)5-9(7-10)18-12(14(19)20)11-3-2-4-16-13(11)17-18/h2-7H,1H3,(H,19,20). The molecule has 0 aliphatic carbocycles. The SMILES string of the molecule is COc1cc(Br)cc(-n2nc3ncccc3c2C(=O)O)c1. The Hall–Kier alpha value is -2.41. The number of carbonyl (C=O) groups is 1. The van der Waals surface area contributed by atoms with E-state index in [0.717, 1.165) is 4.47 Å². The lowest BCUT2D eigenvalue weighted by Gasteiger charge is -2.07. The molecule has 3 rings (SSSR count). The Balaban J connectivity index is 2.32. The molecule has 106 valence electrons. The van der Waals surface area contributed by atoms with E-state index in [1.807, 2.05) is 0 Å². The van der Waals surface area contributed by atoms with Gasteiger partial charge in [-0.3, -0.25) is 0 Å². The highest BCUT2D eigenvalue weighted by molar-refractivity contribution is 9.10. The molecule has 0 spiro atoms. The Kier molecular flexibility index (Phi) is 3.34. The van der Waals surface area contributed by atoms with Crippen LogP contribution in [0.3, 0.4) is 0 Å². The third-order valence-corrected chi connectivity index (χ3v) is 3.45. The van der Waals surface area contributed by atoms with Crippen molar-refractivity contribution in [3.63, 3.8) is 0 Å². The van der Waals surface area contributed by atoms with Gasteiger partial charge in [-0.25, -0.2) is 14.5 Å². The molecule has 0 unspecified atom stereocenters. The molecule has 0 aliphatic heterocycles. The molecular weight excluding hydrogens is 338 g/mol. The molecule has 0 bridgehead atoms. The second-order valence-corrected chi connectivity index (χ2v) is 5.21. The minimum Gasteiger partial charge on any atom is -0.497 e. The van der Waals surface area contributed by atoms with Crippen molar-refractivity contribution in [1.82, 2.24) is 14.8 Å². The maximum absolute atomic E-state index is 11.6. The highest BCUT2D eigenvalue weighted by atomic mass is 79.9. The molecule has 0 saturated carbocycles. The van der Waals surface area contributed by atoms with E-state index in [2.05, 4.69) is 26.0 Å². The van der Waals surface area contributed by atoms with Gasteiger partial charge in [0, 0.05) is 16.7 Å². The molecule has 1 N–H and O–H groups in total. The van der Waals surface area contributed by atoms with Crippen LogP contribution in [0.25, 0.3) is 16.7 Å². The van der Waals surface area contributed by atoms with Gasteiger partial charge in [0.25, 0.3) is 0 Å². The number of nitrogens with zero attached hydrogens (tertiary/aromatic N) is 3. The summed E-state index contributed by atoms with van der Waals surface area (Å²) in [5, 5.41) is 14.2. The van der Waals surface area contributed by atoms with Crippen LogP contribution in [0.1, 0.15) is 10.5 Å². The normalized spacial score (nSPS) is 10.8. The fourth-order valence-corrected chi connectivity index (χ4v) is 2.56. The zero-order valence-electron chi connectivity index (χ0n) is 10.9. The lowest BCUT2D eigenvalue weighted by molar-refractivity contribution is 0.0689. The van der Waals surface area contributed by atoms with E-state index in [1.165, 1.54) is 4.68 Å². The van der Waals surface area contributed by atoms with E-state index in [0.29, 0.717) is 22.5 Å². The number of carboxylic acid groups (broad SMARTS) is 1. The molecule has 0 atom stereocenters. The zero-order valence-corrected chi connectivity index (χ0v) is 12.5. The third-order valence-electron chi connectivity index (χ3n) is 2.99. The lowest BCUT2D eigenvalue weighted by atomic mass is 10.2. The number of rotatable bonds is 3. The summed E-state index contributed by atoms with van der Waals surface area (Å²) in [6.07, 6.45) is 1.58. The number of hydrogen-bond acceptors (Lipinski definition) is 4. The fraction of sp³-hybridized carbons (Fsp3) is 0.0714. The molecule has 6 nitrogen and oxygen atoms in total. The Bertz CT molecular complexity index is 845. The van der Waals surface area contributed by atoms with Crippen LogP contribution >= 0.6 is 15.9 Å². The maximum atomic E-state index is 11.6. The number of hydrogen-bond donors (Lipinski definition) is 1. The van der Waals surface area contributed by atoms with E-state index in [-0.39, 0.29) is 5.69 Å². The molecular formula is C14H10BrN3O3. The summed E-state index contributed by atoms with van der Waals surface area (Å²) in [5.41, 5.74) is 1.03. The number of carboxylic acids is 1. The van der Waals surface area contributed by atoms with Gasteiger partial charge in [0.1, 0.15) is 5.75 Å². The number of methoxy groups -OCH3 is 1. The number of aromatic carboxylic acids is 1. The van der Waals surface area contributed by atoms with Crippen molar-refractivity contribution in [2.45, 2.75) is 0 Å². The van der Waals surface area contributed by atoms with Crippen LogP contribution in [0.15, 0.2) is 41.0 Å². The molecule has 0 fully saturated rings. The van der Waals surface area contributed by atoms with Crippen molar-refractivity contribution in [2.75, 3.05) is 7.11 Å². The first-order valence-corrected chi connectivity index (χ1v) is 6.81. The summed E-state index contributed by atoms with van der Waals surface area (Å²) in [5.74, 6) is -0.465. The van der Waals surface area contributed by atoms with Gasteiger partial charge in [0.05, 0.1) is 18.2 Å². The van der Waals surface area contributed by atoms with Crippen LogP contribution in [-0.2, 0) is 0 Å². The molecule has 2 aromatic heterocycles. The summed E-state index contributed by atoms with van der Waals surface area (Å²) in [6.45, 7) is 0. The topological polar surface area (TPSA) is 77.2 Å². The van der Waals surface area contributed by atoms with Crippen molar-refractivity contribution in [3.05, 3.63) is 46.7 Å². The quantitative estimate of drug-likeness (QED) is 0.788. The number of ether oxygens (including phenoxy) is 1. The van der Waals surface area contributed by atoms with Crippen molar-refractivity contribution in [3.8, 4) is 11.4 Å². The Morgan fingerprint density at radius 1 is 1.38 bits per heavy atom. The largest absolute Gasteiger partial charge is 0.497 e. The molecule has 0 aliphatic rings. The van der Waals surface area contributed by atoms with Crippen LogP contribution in [0.4, 0.5) is 0 Å². The Labute approximate surface area is 128 Å². The van der Waals surface area contributed by atoms with E-state index >= 15 is 0 Å². The maximum Gasteiger partial charge on any atom is 0.355 e. The second-order valence-electron chi connectivity index (χ2n) is 4.29. The number of pyridine rings is 1. The number of aromatic nitrogens is 3. The minimum absolute atomic E-state index is 0.0678. The van der Waals surface area contributed by atoms with Gasteiger partial charge in [-0.15, -0.1) is 5.10 Å². The minimum atomic E-state index is -1.07. The van der Waals surface area contributed by atoms with Crippen LogP contribution in [-0.4, -0.2) is 33.0 Å². The summed E-state index contributed by atoms with van der Waals surface area (Å²) in [4.78, 5) is 15.7. The first kappa shape index (κ1) is 13.6. The predicted molar refractivity (Wildman–Crippen MR) is 80.1 cm³/mol. The number of fused-ring (bicyclic) bond motifs is 1. The molecule has 2 heterocycles. The molecule has 7 heteroatoms. The number of halogens is 1. The summed E-state index contributed by atoms with van der Waals surface area (Å²) in [6, 6.07) is 8.63. The Morgan fingerprint density at radius 2 is 2.19 bits per heavy atom. The highest BCUT2D eigenvalue weighted by Crippen LogP contribution is 2.26. The summed E-state index contributed by atoms with van der Waals surface area (Å²) >= 11 is 3.37. The average Bonchev–Trinajstić information content (AvgIpc) is 2.86. The van der Waals surface area contributed by atoms with E-state index in [9.17, 15) is 9.90 Å². The van der Waals surface area contributed by atoms with Gasteiger partial charge in [-0.2, -0.15) is 0 Å². The van der Waals surface area contributed by atoms with E-state index in [1.54, 1.807) is 43.6 Å². The van der Waals surface area contributed by atoms with Crippen molar-refractivity contribution in [1.29, 1.82) is 0 Å². The molecule has 3 aromatic rings. The molecule has 1 aromatic carbocycles. The molecule has 0 amide bonds. The van der Waals surface area contributed by atoms with E-state index in [4.69, 9.17) is 4.74 Å². The molecule has 21 heavy (non-hydrogen) atoms. The van der Waals surface area contributed by atoms with Crippen molar-refractivity contribution in [2.24, 2.45) is 0 Å². The van der Waals surface area contributed by atoms with Gasteiger partial charge in [0.15, 0.2) is 11.3 Å². The number of benzene rings is 1. The van der Waals surface area contributed by atoms with Gasteiger partial charge >= 0.3 is 5.97 Å². The fourth-order valence-electron chi connectivity index (χ4n) is 2.10. The summed E-state index contributed by atoms with van der Waals surface area (Å²) in [7, 11) is 1.55. The van der Waals surface area contributed by atoms with Crippen LogP contribution in [0, 0.1) is 0 Å². The second kappa shape index (κ2) is 5.17. The monoisotopic (exact) mass is 347 g/mol.